The summed E-state index contributed by atoms with van der Waals surface area (Å²) in [6, 6.07) is 0. The topological polar surface area (TPSA) is 46.2 Å². The van der Waals surface area contributed by atoms with Gasteiger partial charge in [-0.2, -0.15) is 0 Å². The molecule has 118 valence electrons. The molecule has 0 aliphatic rings. The number of rotatable bonds is 8. The quantitative estimate of drug-likeness (QED) is 0.736. The van der Waals surface area contributed by atoms with Gasteiger partial charge in [-0.25, -0.2) is 0 Å². The van der Waals surface area contributed by atoms with E-state index in [2.05, 4.69) is 19.2 Å². The average Bonchev–Trinajstić information content (AvgIpc) is 2.22. The minimum atomic E-state index is -0.561. The van der Waals surface area contributed by atoms with Gasteiger partial charge in [-0.1, -0.05) is 55.4 Å². The number of nitrogens with one attached hydrogen (secondary N) is 1. The first kappa shape index (κ1) is 19.1. The second-order valence-electron chi connectivity index (χ2n) is 7.93. The highest BCUT2D eigenvalue weighted by Crippen LogP contribution is 2.42. The van der Waals surface area contributed by atoms with E-state index in [1.165, 1.54) is 0 Å². The van der Waals surface area contributed by atoms with Crippen LogP contribution in [0.15, 0.2) is 0 Å². The lowest BCUT2D eigenvalue weighted by Crippen LogP contribution is -2.48. The third-order valence-corrected chi connectivity index (χ3v) is 4.21. The third-order valence-electron chi connectivity index (χ3n) is 4.21. The zero-order valence-corrected chi connectivity index (χ0v) is 14.6. The molecule has 0 aliphatic heterocycles. The molecule has 0 aromatic rings. The van der Waals surface area contributed by atoms with Gasteiger partial charge in [0.2, 0.25) is 5.91 Å². The molecular weight excluding hydrogens is 250 g/mol. The van der Waals surface area contributed by atoms with Crippen molar-refractivity contribution in [1.82, 2.24) is 5.32 Å². The molecule has 0 bridgehead atoms. The molecule has 20 heavy (non-hydrogen) atoms. The molecule has 1 N–H and O–H groups in total. The second kappa shape index (κ2) is 7.24. The minimum absolute atomic E-state index is 0.0357. The first-order valence-electron chi connectivity index (χ1n) is 7.70. The summed E-state index contributed by atoms with van der Waals surface area (Å²) >= 11 is 0. The number of amides is 1. The predicted octanol–water partition coefficient (Wildman–Crippen LogP) is 3.82. The van der Waals surface area contributed by atoms with E-state index in [1.807, 2.05) is 41.5 Å². The van der Waals surface area contributed by atoms with Crippen LogP contribution < -0.4 is 5.32 Å². The number of Topliss-reactive ketones (excluding diaryl/α,β-unsaturated/α-hetero) is 1. The molecule has 0 unspecified atom stereocenters. The number of hydrogen-bond donors (Lipinski definition) is 1. The monoisotopic (exact) mass is 283 g/mol. The van der Waals surface area contributed by atoms with Gasteiger partial charge in [0.15, 0.2) is 0 Å². The highest BCUT2D eigenvalue weighted by atomic mass is 16.2. The van der Waals surface area contributed by atoms with Gasteiger partial charge in [0, 0.05) is 24.8 Å². The summed E-state index contributed by atoms with van der Waals surface area (Å²) in [5.74, 6) is 1.08. The Labute approximate surface area is 124 Å². The summed E-state index contributed by atoms with van der Waals surface area (Å²) in [5, 5.41) is 2.99. The van der Waals surface area contributed by atoms with Gasteiger partial charge in [-0.3, -0.25) is 9.59 Å². The Bertz CT molecular complexity index is 341. The maximum atomic E-state index is 12.4. The lowest BCUT2D eigenvalue weighted by atomic mass is 9.64. The first-order chi connectivity index (χ1) is 8.90. The summed E-state index contributed by atoms with van der Waals surface area (Å²) in [7, 11) is 0. The van der Waals surface area contributed by atoms with Gasteiger partial charge in [-0.05, 0) is 17.3 Å². The Morgan fingerprint density at radius 2 is 1.45 bits per heavy atom. The second-order valence-corrected chi connectivity index (χ2v) is 7.93. The molecule has 0 rings (SSSR count). The highest BCUT2D eigenvalue weighted by Gasteiger charge is 2.43. The van der Waals surface area contributed by atoms with Gasteiger partial charge in [0.05, 0.1) is 0 Å². The van der Waals surface area contributed by atoms with E-state index in [0.29, 0.717) is 31.2 Å². The van der Waals surface area contributed by atoms with E-state index in [-0.39, 0.29) is 17.1 Å². The molecule has 0 radical (unpaired) electrons. The lowest BCUT2D eigenvalue weighted by Gasteiger charge is -2.40. The van der Waals surface area contributed by atoms with Crippen LogP contribution in [0.1, 0.15) is 68.2 Å². The molecule has 3 heteroatoms. The van der Waals surface area contributed by atoms with Crippen molar-refractivity contribution in [2.24, 2.45) is 22.7 Å². The molecular formula is C17H33NO2. The zero-order chi connectivity index (χ0) is 16.1. The maximum Gasteiger partial charge on any atom is 0.226 e. The summed E-state index contributed by atoms with van der Waals surface area (Å²) in [4.78, 5) is 24.5. The summed E-state index contributed by atoms with van der Waals surface area (Å²) < 4.78 is 0. The Kier molecular flexibility index (Phi) is 6.92. The fourth-order valence-corrected chi connectivity index (χ4v) is 2.07. The van der Waals surface area contributed by atoms with Crippen molar-refractivity contribution in [3.8, 4) is 0 Å². The van der Waals surface area contributed by atoms with E-state index >= 15 is 0 Å². The normalized spacial score (nSPS) is 12.9. The van der Waals surface area contributed by atoms with Crippen LogP contribution in [0, 0.1) is 22.7 Å². The molecule has 1 amide bonds. The Morgan fingerprint density at radius 3 is 1.85 bits per heavy atom. The van der Waals surface area contributed by atoms with Crippen molar-refractivity contribution in [2.75, 3.05) is 6.54 Å². The Morgan fingerprint density at radius 1 is 0.950 bits per heavy atom. The van der Waals surface area contributed by atoms with Crippen LogP contribution >= 0.6 is 0 Å². The molecule has 0 saturated heterocycles. The fraction of sp³-hybridized carbons (Fsp3) is 0.882. The van der Waals surface area contributed by atoms with Crippen LogP contribution in [0.25, 0.3) is 0 Å². The van der Waals surface area contributed by atoms with Crippen LogP contribution in [-0.2, 0) is 9.59 Å². The average molecular weight is 283 g/mol. The molecule has 0 aromatic heterocycles. The molecule has 0 aliphatic carbocycles. The largest absolute Gasteiger partial charge is 0.355 e. The van der Waals surface area contributed by atoms with Crippen LogP contribution in [0.4, 0.5) is 0 Å². The standard InChI is InChI=1S/C17H33NO2/c1-12(2)9-14(19)10-16(5,6)17(7,8)15(20)18-11-13(3)4/h12-13H,9-11H2,1-8H3,(H,18,20). The number of carbonyl (C=O) groups excluding carboxylic acids is 2. The summed E-state index contributed by atoms with van der Waals surface area (Å²) in [6.07, 6.45) is 1.04. The highest BCUT2D eigenvalue weighted by molar-refractivity contribution is 5.85. The molecule has 3 nitrogen and oxygen atoms in total. The molecule has 0 fully saturated rings. The molecule has 0 saturated carbocycles. The van der Waals surface area contributed by atoms with Crippen molar-refractivity contribution < 1.29 is 9.59 Å². The van der Waals surface area contributed by atoms with Gasteiger partial charge < -0.3 is 5.32 Å². The number of ketones is 1. The van der Waals surface area contributed by atoms with E-state index in [0.717, 1.165) is 0 Å². The van der Waals surface area contributed by atoms with Crippen LogP contribution in [0.2, 0.25) is 0 Å². The van der Waals surface area contributed by atoms with Crippen molar-refractivity contribution >= 4 is 11.7 Å². The molecule has 0 heterocycles. The predicted molar refractivity (Wildman–Crippen MR) is 84.5 cm³/mol. The third kappa shape index (κ3) is 5.64. The maximum absolute atomic E-state index is 12.4. The van der Waals surface area contributed by atoms with Crippen LogP contribution in [0.5, 0.6) is 0 Å². The Hall–Kier alpha value is -0.860. The van der Waals surface area contributed by atoms with Gasteiger partial charge >= 0.3 is 0 Å². The number of hydrogen-bond acceptors (Lipinski definition) is 2. The summed E-state index contributed by atoms with van der Waals surface area (Å²) in [6.45, 7) is 16.8. The van der Waals surface area contributed by atoms with Gasteiger partial charge in [0.1, 0.15) is 5.78 Å². The van der Waals surface area contributed by atoms with E-state index < -0.39 is 5.41 Å². The molecule has 0 spiro atoms. The van der Waals surface area contributed by atoms with Gasteiger partial charge in [-0.15, -0.1) is 0 Å². The van der Waals surface area contributed by atoms with Crippen molar-refractivity contribution in [2.45, 2.75) is 68.2 Å². The minimum Gasteiger partial charge on any atom is -0.355 e. The lowest BCUT2D eigenvalue weighted by molar-refractivity contribution is -0.137. The van der Waals surface area contributed by atoms with Crippen molar-refractivity contribution in [3.63, 3.8) is 0 Å². The van der Waals surface area contributed by atoms with Crippen LogP contribution in [0.3, 0.4) is 0 Å². The number of carbonyl (C=O) groups is 2. The van der Waals surface area contributed by atoms with Crippen molar-refractivity contribution in [1.29, 1.82) is 0 Å². The molecule has 0 atom stereocenters. The first-order valence-corrected chi connectivity index (χ1v) is 7.70. The van der Waals surface area contributed by atoms with Crippen LogP contribution in [-0.4, -0.2) is 18.2 Å². The SMILES string of the molecule is CC(C)CNC(=O)C(C)(C)C(C)(C)CC(=O)CC(C)C. The Balaban J connectivity index is 4.78. The van der Waals surface area contributed by atoms with E-state index in [4.69, 9.17) is 0 Å². The van der Waals surface area contributed by atoms with Crippen molar-refractivity contribution in [3.05, 3.63) is 0 Å². The fourth-order valence-electron chi connectivity index (χ4n) is 2.07. The summed E-state index contributed by atoms with van der Waals surface area (Å²) in [5.41, 5.74) is -0.908. The van der Waals surface area contributed by atoms with E-state index in [1.54, 1.807) is 0 Å². The smallest absolute Gasteiger partial charge is 0.226 e. The zero-order valence-electron chi connectivity index (χ0n) is 14.6. The van der Waals surface area contributed by atoms with E-state index in [9.17, 15) is 9.59 Å². The van der Waals surface area contributed by atoms with Gasteiger partial charge in [0.25, 0.3) is 0 Å². The molecule has 0 aromatic carbocycles.